The van der Waals surface area contributed by atoms with E-state index in [-0.39, 0.29) is 12.4 Å². The van der Waals surface area contributed by atoms with Crippen LogP contribution in [-0.4, -0.2) is 49.2 Å². The summed E-state index contributed by atoms with van der Waals surface area (Å²) in [6.07, 6.45) is 2.36. The Labute approximate surface area is 122 Å². The van der Waals surface area contributed by atoms with Crippen LogP contribution < -0.4 is 10.6 Å². The summed E-state index contributed by atoms with van der Waals surface area (Å²) in [6.45, 7) is 8.49. The zero-order valence-corrected chi connectivity index (χ0v) is 12.5. The van der Waals surface area contributed by atoms with E-state index in [1.807, 2.05) is 13.0 Å². The zero-order chi connectivity index (χ0) is 12.8. The van der Waals surface area contributed by atoms with Gasteiger partial charge in [-0.1, -0.05) is 6.07 Å². The molecule has 2 rings (SSSR count). The standard InChI is InChI=1S/C14H24N4.ClH/c1-13-5-4-6-14(16-13)18-11-9-17(10-12-18)8-3-2-7-15;/h4-6H,2-3,7-12,15H2,1H3;1H. The lowest BCUT2D eigenvalue weighted by Crippen LogP contribution is -2.47. The van der Waals surface area contributed by atoms with Crippen molar-refractivity contribution in [2.75, 3.05) is 44.2 Å². The molecule has 1 aromatic heterocycles. The third-order valence-electron chi connectivity index (χ3n) is 3.50. The zero-order valence-electron chi connectivity index (χ0n) is 11.7. The van der Waals surface area contributed by atoms with E-state index in [9.17, 15) is 0 Å². The van der Waals surface area contributed by atoms with Crippen LogP contribution in [0.2, 0.25) is 0 Å². The highest BCUT2D eigenvalue weighted by Gasteiger charge is 2.17. The van der Waals surface area contributed by atoms with Crippen molar-refractivity contribution in [3.05, 3.63) is 23.9 Å². The van der Waals surface area contributed by atoms with Gasteiger partial charge in [0, 0.05) is 31.9 Å². The van der Waals surface area contributed by atoms with Crippen LogP contribution in [0.3, 0.4) is 0 Å². The van der Waals surface area contributed by atoms with Crippen molar-refractivity contribution in [2.24, 2.45) is 5.73 Å². The van der Waals surface area contributed by atoms with Crippen LogP contribution >= 0.6 is 12.4 Å². The van der Waals surface area contributed by atoms with Crippen molar-refractivity contribution < 1.29 is 0 Å². The molecule has 5 heteroatoms. The lowest BCUT2D eigenvalue weighted by Gasteiger charge is -2.35. The summed E-state index contributed by atoms with van der Waals surface area (Å²) in [6, 6.07) is 6.24. The molecule has 108 valence electrons. The third kappa shape index (κ3) is 4.97. The molecule has 1 fully saturated rings. The maximum atomic E-state index is 5.52. The smallest absolute Gasteiger partial charge is 0.128 e. The average molecular weight is 285 g/mol. The first-order chi connectivity index (χ1) is 8.79. The molecule has 0 aliphatic carbocycles. The second-order valence-electron chi connectivity index (χ2n) is 4.96. The van der Waals surface area contributed by atoms with Crippen molar-refractivity contribution in [1.29, 1.82) is 0 Å². The molecular weight excluding hydrogens is 260 g/mol. The predicted octanol–water partition coefficient (Wildman–Crippen LogP) is 1.67. The molecule has 0 spiro atoms. The normalized spacial score (nSPS) is 16.2. The number of nitrogens with two attached hydrogens (primary N) is 1. The number of rotatable bonds is 5. The Bertz CT molecular complexity index is 364. The Balaban J connectivity index is 0.00000180. The van der Waals surface area contributed by atoms with E-state index < -0.39 is 0 Å². The molecule has 2 N–H and O–H groups in total. The number of pyridine rings is 1. The van der Waals surface area contributed by atoms with Gasteiger partial charge in [-0.05, 0) is 45.0 Å². The first kappa shape index (κ1) is 16.2. The number of halogens is 1. The quantitative estimate of drug-likeness (QED) is 0.836. The van der Waals surface area contributed by atoms with Crippen molar-refractivity contribution in [1.82, 2.24) is 9.88 Å². The summed E-state index contributed by atoms with van der Waals surface area (Å²) in [5.41, 5.74) is 6.62. The maximum absolute atomic E-state index is 5.52. The van der Waals surface area contributed by atoms with Gasteiger partial charge in [0.2, 0.25) is 0 Å². The SMILES string of the molecule is Cc1cccc(N2CCN(CCCCN)CC2)n1.Cl. The van der Waals surface area contributed by atoms with E-state index in [2.05, 4.69) is 26.9 Å². The number of hydrogen-bond donors (Lipinski definition) is 1. The van der Waals surface area contributed by atoms with Crippen LogP contribution in [-0.2, 0) is 0 Å². The fourth-order valence-corrected chi connectivity index (χ4v) is 2.39. The molecule has 0 bridgehead atoms. The van der Waals surface area contributed by atoms with E-state index in [4.69, 9.17) is 5.73 Å². The molecule has 0 saturated carbocycles. The Hall–Kier alpha value is -0.840. The molecule has 2 heterocycles. The topological polar surface area (TPSA) is 45.4 Å². The summed E-state index contributed by atoms with van der Waals surface area (Å²) < 4.78 is 0. The van der Waals surface area contributed by atoms with Crippen molar-refractivity contribution in [2.45, 2.75) is 19.8 Å². The molecule has 0 radical (unpaired) electrons. The van der Waals surface area contributed by atoms with Crippen molar-refractivity contribution in [3.63, 3.8) is 0 Å². The highest BCUT2D eigenvalue weighted by molar-refractivity contribution is 5.85. The average Bonchev–Trinajstić information content (AvgIpc) is 2.40. The highest BCUT2D eigenvalue weighted by atomic mass is 35.5. The molecule has 4 nitrogen and oxygen atoms in total. The van der Waals surface area contributed by atoms with Crippen molar-refractivity contribution in [3.8, 4) is 0 Å². The Morgan fingerprint density at radius 1 is 1.16 bits per heavy atom. The fourth-order valence-electron chi connectivity index (χ4n) is 2.39. The molecule has 19 heavy (non-hydrogen) atoms. The van der Waals surface area contributed by atoms with Gasteiger partial charge in [-0.2, -0.15) is 0 Å². The number of hydrogen-bond acceptors (Lipinski definition) is 4. The molecule has 1 saturated heterocycles. The van der Waals surface area contributed by atoms with Gasteiger partial charge >= 0.3 is 0 Å². The first-order valence-corrected chi connectivity index (χ1v) is 6.90. The number of unbranched alkanes of at least 4 members (excludes halogenated alkanes) is 1. The largest absolute Gasteiger partial charge is 0.354 e. The van der Waals surface area contributed by atoms with Crippen LogP contribution in [0.25, 0.3) is 0 Å². The van der Waals surface area contributed by atoms with Crippen LogP contribution in [0.15, 0.2) is 18.2 Å². The van der Waals surface area contributed by atoms with Crippen LogP contribution in [0.1, 0.15) is 18.5 Å². The molecular formula is C14H25ClN4. The van der Waals surface area contributed by atoms with Gasteiger partial charge in [-0.15, -0.1) is 12.4 Å². The van der Waals surface area contributed by atoms with Gasteiger partial charge in [0.05, 0.1) is 0 Å². The third-order valence-corrected chi connectivity index (χ3v) is 3.50. The Kier molecular flexibility index (Phi) is 7.13. The van der Waals surface area contributed by atoms with Gasteiger partial charge in [-0.3, -0.25) is 4.90 Å². The minimum absolute atomic E-state index is 0. The van der Waals surface area contributed by atoms with E-state index in [0.29, 0.717) is 0 Å². The first-order valence-electron chi connectivity index (χ1n) is 6.90. The molecule has 0 unspecified atom stereocenters. The number of piperazine rings is 1. The number of nitrogens with zero attached hydrogens (tertiary/aromatic N) is 3. The van der Waals surface area contributed by atoms with E-state index in [1.54, 1.807) is 0 Å². The second kappa shape index (κ2) is 8.35. The maximum Gasteiger partial charge on any atom is 0.128 e. The van der Waals surface area contributed by atoms with E-state index in [1.165, 1.54) is 13.0 Å². The van der Waals surface area contributed by atoms with Crippen LogP contribution in [0.4, 0.5) is 5.82 Å². The van der Waals surface area contributed by atoms with Gasteiger partial charge in [0.15, 0.2) is 0 Å². The van der Waals surface area contributed by atoms with Gasteiger partial charge < -0.3 is 10.6 Å². The monoisotopic (exact) mass is 284 g/mol. The second-order valence-corrected chi connectivity index (χ2v) is 4.96. The summed E-state index contributed by atoms with van der Waals surface area (Å²) in [7, 11) is 0. The molecule has 1 aromatic rings. The molecule has 1 aliphatic heterocycles. The summed E-state index contributed by atoms with van der Waals surface area (Å²) in [5.74, 6) is 1.12. The highest BCUT2D eigenvalue weighted by Crippen LogP contribution is 2.14. The lowest BCUT2D eigenvalue weighted by atomic mass is 10.2. The Morgan fingerprint density at radius 2 is 1.89 bits per heavy atom. The molecule has 0 amide bonds. The fraction of sp³-hybridized carbons (Fsp3) is 0.643. The lowest BCUT2D eigenvalue weighted by molar-refractivity contribution is 0.253. The van der Waals surface area contributed by atoms with Crippen molar-refractivity contribution >= 4 is 18.2 Å². The predicted molar refractivity (Wildman–Crippen MR) is 83.2 cm³/mol. The van der Waals surface area contributed by atoms with Crippen LogP contribution in [0.5, 0.6) is 0 Å². The van der Waals surface area contributed by atoms with E-state index in [0.717, 1.165) is 50.7 Å². The summed E-state index contributed by atoms with van der Waals surface area (Å²) in [4.78, 5) is 9.50. The van der Waals surface area contributed by atoms with Gasteiger partial charge in [-0.25, -0.2) is 4.98 Å². The minimum atomic E-state index is 0. The number of aromatic nitrogens is 1. The van der Waals surface area contributed by atoms with Gasteiger partial charge in [0.1, 0.15) is 5.82 Å². The molecule has 1 aliphatic rings. The molecule has 0 atom stereocenters. The minimum Gasteiger partial charge on any atom is -0.354 e. The van der Waals surface area contributed by atoms with Gasteiger partial charge in [0.25, 0.3) is 0 Å². The van der Waals surface area contributed by atoms with Crippen LogP contribution in [0, 0.1) is 6.92 Å². The number of anilines is 1. The number of aryl methyl sites for hydroxylation is 1. The summed E-state index contributed by atoms with van der Waals surface area (Å²) >= 11 is 0. The summed E-state index contributed by atoms with van der Waals surface area (Å²) in [5, 5.41) is 0. The Morgan fingerprint density at radius 3 is 2.53 bits per heavy atom. The van der Waals surface area contributed by atoms with E-state index >= 15 is 0 Å². The molecule has 0 aromatic carbocycles.